The first-order valence-electron chi connectivity index (χ1n) is 8.23. The Kier molecular flexibility index (Phi) is 4.58. The predicted octanol–water partition coefficient (Wildman–Crippen LogP) is -1.42. The topological polar surface area (TPSA) is 168 Å². The van der Waals surface area contributed by atoms with Gasteiger partial charge in [0.05, 0.1) is 5.56 Å². The number of carbonyl (C=O) groups is 2. The van der Waals surface area contributed by atoms with Crippen molar-refractivity contribution >= 4 is 11.9 Å². The highest BCUT2D eigenvalue weighted by Gasteiger charge is 2.45. The van der Waals surface area contributed by atoms with Crippen molar-refractivity contribution in [3.05, 3.63) is 35.9 Å². The Morgan fingerprint density at radius 3 is 2.79 bits per heavy atom. The second-order valence-electron chi connectivity index (χ2n) is 6.13. The number of ether oxygens (including phenoxy) is 4. The molecule has 4 rings (SSSR count). The number of rotatable bonds is 5. The van der Waals surface area contributed by atoms with Crippen LogP contribution in [0.5, 0.6) is 11.5 Å². The molecule has 2 aliphatic rings. The third-order valence-electron chi connectivity index (χ3n) is 4.31. The molecule has 12 heteroatoms. The normalized spacial score (nSPS) is 25.6. The van der Waals surface area contributed by atoms with E-state index in [0.29, 0.717) is 11.5 Å². The van der Waals surface area contributed by atoms with Crippen LogP contribution in [0, 0.1) is 0 Å². The number of nitrogens with two attached hydrogens (primary N) is 1. The zero-order valence-electron chi connectivity index (χ0n) is 14.3. The third kappa shape index (κ3) is 3.24. The second-order valence-corrected chi connectivity index (χ2v) is 6.13. The molecule has 1 aromatic heterocycles. The molecule has 1 aromatic carbocycles. The number of aromatic nitrogens is 3. The number of esters is 1. The van der Waals surface area contributed by atoms with Crippen molar-refractivity contribution in [1.82, 2.24) is 14.8 Å². The lowest BCUT2D eigenvalue weighted by Gasteiger charge is -2.14. The molecule has 3 heterocycles. The lowest BCUT2D eigenvalue weighted by atomic mass is 10.1. The minimum Gasteiger partial charge on any atom is -0.459 e. The Balaban J connectivity index is 1.39. The summed E-state index contributed by atoms with van der Waals surface area (Å²) in [6.07, 6.45) is -3.72. The molecule has 0 unspecified atom stereocenters. The highest BCUT2D eigenvalue weighted by atomic mass is 16.7. The number of benzene rings is 1. The van der Waals surface area contributed by atoms with Gasteiger partial charge in [-0.25, -0.2) is 14.5 Å². The maximum Gasteiger partial charge on any atom is 0.338 e. The number of hydrogen-bond donors (Lipinski definition) is 3. The molecule has 4 atom stereocenters. The summed E-state index contributed by atoms with van der Waals surface area (Å²) < 4.78 is 22.1. The van der Waals surface area contributed by atoms with E-state index in [-0.39, 0.29) is 24.8 Å². The molecule has 0 spiro atoms. The van der Waals surface area contributed by atoms with Gasteiger partial charge in [-0.3, -0.25) is 4.79 Å². The number of nitrogens with zero attached hydrogens (tertiary/aromatic N) is 3. The van der Waals surface area contributed by atoms with Crippen LogP contribution in [0.2, 0.25) is 0 Å². The fourth-order valence-electron chi connectivity index (χ4n) is 2.86. The summed E-state index contributed by atoms with van der Waals surface area (Å²) in [5.41, 5.74) is 5.31. The molecule has 2 aromatic rings. The second kappa shape index (κ2) is 7.07. The van der Waals surface area contributed by atoms with E-state index in [0.717, 1.165) is 11.0 Å². The molecule has 4 N–H and O–H groups in total. The highest BCUT2D eigenvalue weighted by Crippen LogP contribution is 2.33. The number of carbonyl (C=O) groups excluding carboxylic acids is 2. The third-order valence-corrected chi connectivity index (χ3v) is 4.31. The van der Waals surface area contributed by atoms with E-state index < -0.39 is 36.4 Å². The van der Waals surface area contributed by atoms with Crippen LogP contribution in [0.15, 0.2) is 24.5 Å². The Hall–Kier alpha value is -3.22. The van der Waals surface area contributed by atoms with Gasteiger partial charge in [-0.1, -0.05) is 0 Å². The SMILES string of the molecule is NC(=O)c1ncn([C@@H]2O[C@H](COC(=O)c3ccc4c(c3)OCO4)[C@@H](O)[C@H]2O)n1. The van der Waals surface area contributed by atoms with Gasteiger partial charge in [0.2, 0.25) is 12.6 Å². The number of primary amides is 1. The van der Waals surface area contributed by atoms with Crippen LogP contribution < -0.4 is 15.2 Å². The highest BCUT2D eigenvalue weighted by molar-refractivity contribution is 5.90. The zero-order valence-corrected chi connectivity index (χ0v) is 14.3. The Bertz CT molecular complexity index is 916. The van der Waals surface area contributed by atoms with Crippen LogP contribution in [-0.4, -0.2) is 68.6 Å². The van der Waals surface area contributed by atoms with Crippen molar-refractivity contribution in [3.63, 3.8) is 0 Å². The van der Waals surface area contributed by atoms with Crippen LogP contribution in [0.3, 0.4) is 0 Å². The summed E-state index contributed by atoms with van der Waals surface area (Å²) in [7, 11) is 0. The summed E-state index contributed by atoms with van der Waals surface area (Å²) in [6.45, 7) is -0.242. The first-order valence-corrected chi connectivity index (χ1v) is 8.23. The van der Waals surface area contributed by atoms with E-state index in [1.54, 1.807) is 6.07 Å². The molecule has 1 saturated heterocycles. The molecular weight excluding hydrogens is 376 g/mol. The molecule has 148 valence electrons. The van der Waals surface area contributed by atoms with E-state index in [1.165, 1.54) is 12.1 Å². The largest absolute Gasteiger partial charge is 0.459 e. The molecule has 1 fully saturated rings. The average molecular weight is 392 g/mol. The van der Waals surface area contributed by atoms with E-state index in [9.17, 15) is 19.8 Å². The van der Waals surface area contributed by atoms with E-state index >= 15 is 0 Å². The minimum absolute atomic E-state index is 0.0783. The van der Waals surface area contributed by atoms with Crippen molar-refractivity contribution in [2.45, 2.75) is 24.5 Å². The van der Waals surface area contributed by atoms with Crippen LogP contribution in [0.1, 0.15) is 27.2 Å². The minimum atomic E-state index is -1.38. The number of fused-ring (bicyclic) bond motifs is 1. The predicted molar refractivity (Wildman–Crippen MR) is 87.3 cm³/mol. The molecule has 0 bridgehead atoms. The Morgan fingerprint density at radius 2 is 2.04 bits per heavy atom. The fourth-order valence-corrected chi connectivity index (χ4v) is 2.86. The van der Waals surface area contributed by atoms with Crippen LogP contribution in [0.4, 0.5) is 0 Å². The standard InChI is InChI=1S/C16H16N4O8/c17-13(23)14-18-5-20(19-14)15-12(22)11(21)10(28-15)4-25-16(24)7-1-2-8-9(3-7)27-6-26-8/h1-3,5,10-12,15,21-22H,4,6H2,(H2,17,23)/t10-,11-,12-,15-/m1/s1. The van der Waals surface area contributed by atoms with Gasteiger partial charge in [0.1, 0.15) is 31.2 Å². The van der Waals surface area contributed by atoms with Crippen molar-refractivity contribution in [2.24, 2.45) is 5.73 Å². The molecule has 0 aliphatic carbocycles. The zero-order chi connectivity index (χ0) is 19.8. The smallest absolute Gasteiger partial charge is 0.338 e. The summed E-state index contributed by atoms with van der Waals surface area (Å²) in [5.74, 6) is -0.813. The van der Waals surface area contributed by atoms with Crippen molar-refractivity contribution in [1.29, 1.82) is 0 Å². The Labute approximate surface area is 157 Å². The Morgan fingerprint density at radius 1 is 1.25 bits per heavy atom. The average Bonchev–Trinajstić information content (AvgIpc) is 3.40. The van der Waals surface area contributed by atoms with Crippen LogP contribution in [0.25, 0.3) is 0 Å². The summed E-state index contributed by atoms with van der Waals surface area (Å²) in [5, 5.41) is 24.1. The van der Waals surface area contributed by atoms with Crippen molar-refractivity contribution in [3.8, 4) is 11.5 Å². The van der Waals surface area contributed by atoms with E-state index in [1.807, 2.05) is 0 Å². The van der Waals surface area contributed by atoms with E-state index in [2.05, 4.69) is 10.1 Å². The van der Waals surface area contributed by atoms with Crippen LogP contribution >= 0.6 is 0 Å². The lowest BCUT2D eigenvalue weighted by Crippen LogP contribution is -2.34. The molecule has 1 amide bonds. The first-order chi connectivity index (χ1) is 13.4. The maximum atomic E-state index is 12.2. The molecule has 28 heavy (non-hydrogen) atoms. The summed E-state index contributed by atoms with van der Waals surface area (Å²) in [4.78, 5) is 27.0. The van der Waals surface area contributed by atoms with Gasteiger partial charge in [-0.2, -0.15) is 0 Å². The van der Waals surface area contributed by atoms with Crippen LogP contribution in [-0.2, 0) is 9.47 Å². The number of hydrogen-bond acceptors (Lipinski definition) is 10. The van der Waals surface area contributed by atoms with Crippen molar-refractivity contribution in [2.75, 3.05) is 13.4 Å². The monoisotopic (exact) mass is 392 g/mol. The molecule has 12 nitrogen and oxygen atoms in total. The van der Waals surface area contributed by atoms with E-state index in [4.69, 9.17) is 24.7 Å². The van der Waals surface area contributed by atoms with Gasteiger partial charge in [-0.05, 0) is 18.2 Å². The first kappa shape index (κ1) is 18.2. The number of aliphatic hydroxyl groups excluding tert-OH is 2. The van der Waals surface area contributed by atoms with Gasteiger partial charge in [0, 0.05) is 0 Å². The summed E-state index contributed by atoms with van der Waals surface area (Å²) >= 11 is 0. The quantitative estimate of drug-likeness (QED) is 0.514. The number of aliphatic hydroxyl groups is 2. The fraction of sp³-hybridized carbons (Fsp3) is 0.375. The molecule has 0 saturated carbocycles. The van der Waals surface area contributed by atoms with Gasteiger partial charge in [0.25, 0.3) is 5.91 Å². The van der Waals surface area contributed by atoms with Gasteiger partial charge in [0.15, 0.2) is 17.7 Å². The lowest BCUT2D eigenvalue weighted by molar-refractivity contribution is -0.0632. The maximum absolute atomic E-state index is 12.2. The van der Waals surface area contributed by atoms with Gasteiger partial charge in [-0.15, -0.1) is 5.10 Å². The molecule has 2 aliphatic heterocycles. The van der Waals surface area contributed by atoms with Crippen molar-refractivity contribution < 1.29 is 38.7 Å². The summed E-state index contributed by atoms with van der Waals surface area (Å²) in [6, 6.07) is 4.58. The molecule has 0 radical (unpaired) electrons. The van der Waals surface area contributed by atoms with Gasteiger partial charge < -0.3 is 34.9 Å². The number of amides is 1. The molecular formula is C16H16N4O8. The van der Waals surface area contributed by atoms with Gasteiger partial charge >= 0.3 is 5.97 Å².